The van der Waals surface area contributed by atoms with E-state index in [0.717, 1.165) is 0 Å². The molecule has 140 valence electrons. The largest absolute Gasteiger partial charge is 0.387 e. The normalized spacial score (nSPS) is 37.5. The number of hydrogen-bond acceptors (Lipinski definition) is 6. The van der Waals surface area contributed by atoms with Crippen molar-refractivity contribution in [3.63, 3.8) is 0 Å². The lowest BCUT2D eigenvalue weighted by molar-refractivity contribution is -0.301. The zero-order valence-corrected chi connectivity index (χ0v) is 14.2. The maximum Gasteiger partial charge on any atom is 0.126 e. The van der Waals surface area contributed by atoms with Gasteiger partial charge in [-0.1, -0.05) is 60.7 Å². The molecule has 3 rings (SSSR count). The molecule has 26 heavy (non-hydrogen) atoms. The Hall–Kier alpha value is -1.80. The third-order valence-corrected chi connectivity index (χ3v) is 5.31. The van der Waals surface area contributed by atoms with E-state index in [4.69, 9.17) is 0 Å². The molecule has 1 saturated carbocycles. The fraction of sp³-hybridized carbons (Fsp3) is 0.400. The molecule has 1 aliphatic carbocycles. The molecule has 2 unspecified atom stereocenters. The molecule has 6 heteroatoms. The van der Waals surface area contributed by atoms with Gasteiger partial charge in [0.15, 0.2) is 0 Å². The van der Waals surface area contributed by atoms with Crippen LogP contribution in [0.3, 0.4) is 0 Å². The van der Waals surface area contributed by atoms with Crippen molar-refractivity contribution in [3.8, 4) is 0 Å². The molecule has 0 aliphatic heterocycles. The summed E-state index contributed by atoms with van der Waals surface area (Å²) in [6, 6.07) is 17.3. The molecule has 6 atom stereocenters. The monoisotopic (exact) mass is 360 g/mol. The SMILES string of the molecule is O[C@@H]1[C@@H](O)C(O)(Cc2ccccc2)[C@@H](O)[C@@H](O)C1(O)Cc1ccccc1. The van der Waals surface area contributed by atoms with E-state index in [1.165, 1.54) is 0 Å². The lowest BCUT2D eigenvalue weighted by Gasteiger charge is -2.53. The highest BCUT2D eigenvalue weighted by molar-refractivity contribution is 5.26. The zero-order chi connectivity index (χ0) is 18.9. The first-order valence-electron chi connectivity index (χ1n) is 8.54. The van der Waals surface area contributed by atoms with Crippen LogP contribution >= 0.6 is 0 Å². The van der Waals surface area contributed by atoms with E-state index < -0.39 is 35.6 Å². The molecule has 2 aromatic carbocycles. The van der Waals surface area contributed by atoms with E-state index in [1.807, 2.05) is 0 Å². The highest BCUT2D eigenvalue weighted by atomic mass is 16.4. The van der Waals surface area contributed by atoms with Gasteiger partial charge in [-0.2, -0.15) is 0 Å². The van der Waals surface area contributed by atoms with Crippen molar-refractivity contribution in [1.29, 1.82) is 0 Å². The molecule has 2 aromatic rings. The van der Waals surface area contributed by atoms with E-state index in [-0.39, 0.29) is 12.8 Å². The topological polar surface area (TPSA) is 121 Å². The molecule has 0 bridgehead atoms. The molecular formula is C20H24O6. The van der Waals surface area contributed by atoms with E-state index >= 15 is 0 Å². The molecule has 1 fully saturated rings. The standard InChI is InChI=1S/C20H24O6/c21-15-17(23)20(26,12-14-9-5-2-6-10-14)18(24)16(22)19(15,25)11-13-7-3-1-4-8-13/h1-10,15-18,21-26H,11-12H2/t15-,16-,17-,18+,19?,20?/m1/s1. The minimum Gasteiger partial charge on any atom is -0.387 e. The van der Waals surface area contributed by atoms with Gasteiger partial charge in [-0.15, -0.1) is 0 Å². The van der Waals surface area contributed by atoms with Crippen LogP contribution in [0.2, 0.25) is 0 Å². The summed E-state index contributed by atoms with van der Waals surface area (Å²) in [4.78, 5) is 0. The predicted molar refractivity (Wildman–Crippen MR) is 94.2 cm³/mol. The van der Waals surface area contributed by atoms with Gasteiger partial charge < -0.3 is 30.6 Å². The molecule has 0 aromatic heterocycles. The molecule has 6 nitrogen and oxygen atoms in total. The summed E-state index contributed by atoms with van der Waals surface area (Å²) in [6.45, 7) is 0. The molecule has 0 saturated heterocycles. The Morgan fingerprint density at radius 1 is 0.538 bits per heavy atom. The van der Waals surface area contributed by atoms with Crippen LogP contribution < -0.4 is 0 Å². The van der Waals surface area contributed by atoms with Crippen molar-refractivity contribution in [3.05, 3.63) is 71.8 Å². The minimum atomic E-state index is -2.21. The van der Waals surface area contributed by atoms with E-state index in [0.29, 0.717) is 11.1 Å². The van der Waals surface area contributed by atoms with Gasteiger partial charge in [0.25, 0.3) is 0 Å². The first-order valence-corrected chi connectivity index (χ1v) is 8.54. The zero-order valence-electron chi connectivity index (χ0n) is 14.2. The van der Waals surface area contributed by atoms with Crippen LogP contribution in [0.25, 0.3) is 0 Å². The highest BCUT2D eigenvalue weighted by Crippen LogP contribution is 2.40. The number of aliphatic hydroxyl groups excluding tert-OH is 4. The second kappa shape index (κ2) is 7.08. The summed E-state index contributed by atoms with van der Waals surface area (Å²) < 4.78 is 0. The van der Waals surface area contributed by atoms with Gasteiger partial charge in [0.2, 0.25) is 0 Å². The van der Waals surface area contributed by atoms with Gasteiger partial charge in [-0.3, -0.25) is 0 Å². The Labute approximate surface area is 151 Å². The van der Waals surface area contributed by atoms with Gasteiger partial charge in [0.05, 0.1) is 0 Å². The second-order valence-electron chi connectivity index (χ2n) is 7.09. The Morgan fingerprint density at radius 3 is 1.08 bits per heavy atom. The maximum atomic E-state index is 10.9. The molecule has 0 radical (unpaired) electrons. The average Bonchev–Trinajstić information content (AvgIpc) is 2.66. The van der Waals surface area contributed by atoms with Crippen molar-refractivity contribution in [2.45, 2.75) is 48.5 Å². The lowest BCUT2D eigenvalue weighted by Crippen LogP contribution is -2.77. The number of hydrogen-bond donors (Lipinski definition) is 6. The van der Waals surface area contributed by atoms with Gasteiger partial charge in [0, 0.05) is 12.8 Å². The molecular weight excluding hydrogens is 336 g/mol. The number of benzene rings is 2. The molecule has 0 spiro atoms. The smallest absolute Gasteiger partial charge is 0.126 e. The van der Waals surface area contributed by atoms with Crippen LogP contribution in [0.5, 0.6) is 0 Å². The van der Waals surface area contributed by atoms with Crippen LogP contribution in [0.1, 0.15) is 11.1 Å². The summed E-state index contributed by atoms with van der Waals surface area (Å²) in [5.74, 6) is 0. The third kappa shape index (κ3) is 3.16. The first kappa shape index (κ1) is 19.0. The summed E-state index contributed by atoms with van der Waals surface area (Å²) in [5.41, 5.74) is -3.19. The average molecular weight is 360 g/mol. The number of rotatable bonds is 4. The predicted octanol–water partition coefficient (Wildman–Crippen LogP) is -0.609. The van der Waals surface area contributed by atoms with Crippen molar-refractivity contribution in [1.82, 2.24) is 0 Å². The fourth-order valence-corrected chi connectivity index (χ4v) is 3.71. The van der Waals surface area contributed by atoms with Crippen molar-refractivity contribution in [2.24, 2.45) is 0 Å². The van der Waals surface area contributed by atoms with Crippen LogP contribution in [-0.2, 0) is 12.8 Å². The Morgan fingerprint density at radius 2 is 0.808 bits per heavy atom. The van der Waals surface area contributed by atoms with Crippen molar-refractivity contribution < 1.29 is 30.6 Å². The summed E-state index contributed by atoms with van der Waals surface area (Å²) in [5, 5.41) is 63.9. The Bertz CT molecular complexity index is 640. The minimum absolute atomic E-state index is 0.189. The fourth-order valence-electron chi connectivity index (χ4n) is 3.71. The number of aliphatic hydroxyl groups is 6. The first-order chi connectivity index (χ1) is 12.3. The van der Waals surface area contributed by atoms with Crippen molar-refractivity contribution in [2.75, 3.05) is 0 Å². The maximum absolute atomic E-state index is 10.9. The summed E-state index contributed by atoms with van der Waals surface area (Å²) in [6.07, 6.45) is -7.79. The summed E-state index contributed by atoms with van der Waals surface area (Å²) >= 11 is 0. The van der Waals surface area contributed by atoms with E-state index in [2.05, 4.69) is 0 Å². The van der Waals surface area contributed by atoms with Gasteiger partial charge >= 0.3 is 0 Å². The van der Waals surface area contributed by atoms with Crippen LogP contribution in [0.15, 0.2) is 60.7 Å². The Kier molecular flexibility index (Phi) is 5.16. The summed E-state index contributed by atoms with van der Waals surface area (Å²) in [7, 11) is 0. The van der Waals surface area contributed by atoms with Crippen LogP contribution in [-0.4, -0.2) is 66.3 Å². The van der Waals surface area contributed by atoms with E-state index in [1.54, 1.807) is 60.7 Å². The molecule has 0 amide bonds. The highest BCUT2D eigenvalue weighted by Gasteiger charge is 2.63. The van der Waals surface area contributed by atoms with Gasteiger partial charge in [0.1, 0.15) is 35.6 Å². The Balaban J connectivity index is 1.90. The third-order valence-electron chi connectivity index (χ3n) is 5.31. The molecule has 0 heterocycles. The van der Waals surface area contributed by atoms with Gasteiger partial charge in [-0.25, -0.2) is 0 Å². The van der Waals surface area contributed by atoms with Crippen LogP contribution in [0.4, 0.5) is 0 Å². The lowest BCUT2D eigenvalue weighted by atomic mass is 9.64. The molecule has 1 aliphatic rings. The van der Waals surface area contributed by atoms with Crippen molar-refractivity contribution >= 4 is 0 Å². The van der Waals surface area contributed by atoms with E-state index in [9.17, 15) is 30.6 Å². The molecule has 6 N–H and O–H groups in total. The second-order valence-corrected chi connectivity index (χ2v) is 7.09. The van der Waals surface area contributed by atoms with Gasteiger partial charge in [-0.05, 0) is 11.1 Å². The quantitative estimate of drug-likeness (QED) is 0.433. The van der Waals surface area contributed by atoms with Crippen LogP contribution in [0, 0.1) is 0 Å².